The van der Waals surface area contributed by atoms with Gasteiger partial charge < -0.3 is 14.2 Å². The van der Waals surface area contributed by atoms with Crippen LogP contribution in [0.4, 0.5) is 13.2 Å². The number of hydrogen-bond donors (Lipinski definition) is 0. The summed E-state index contributed by atoms with van der Waals surface area (Å²) in [6, 6.07) is 5.31. The summed E-state index contributed by atoms with van der Waals surface area (Å²) in [4.78, 5) is 0. The Kier molecular flexibility index (Phi) is 11.2. The van der Waals surface area contributed by atoms with Crippen LogP contribution >= 0.6 is 0 Å². The van der Waals surface area contributed by atoms with Gasteiger partial charge in [0.15, 0.2) is 0 Å². The van der Waals surface area contributed by atoms with Crippen LogP contribution in [0.1, 0.15) is 76.8 Å². The fourth-order valence-corrected chi connectivity index (χ4v) is 3.63. The molecule has 0 aliphatic rings. The molecule has 0 aromatic heterocycles. The van der Waals surface area contributed by atoms with Gasteiger partial charge in [-0.15, -0.1) is 0 Å². The molecule has 6 heteroatoms. The molecule has 0 aliphatic heterocycles. The SMILES string of the molecule is CCCCCCCCC(Cc1ccc(C(F)(F)F)cc1)C(OC)(OC)OC(C)C. The summed E-state index contributed by atoms with van der Waals surface area (Å²) < 4.78 is 56.0. The van der Waals surface area contributed by atoms with Crippen molar-refractivity contribution < 1.29 is 27.4 Å². The van der Waals surface area contributed by atoms with Crippen LogP contribution < -0.4 is 0 Å². The lowest BCUT2D eigenvalue weighted by Crippen LogP contribution is -2.47. The molecular weight excluding hydrogens is 381 g/mol. The summed E-state index contributed by atoms with van der Waals surface area (Å²) in [6.45, 7) is 6.01. The van der Waals surface area contributed by atoms with E-state index < -0.39 is 17.7 Å². The van der Waals surface area contributed by atoms with E-state index in [1.165, 1.54) is 37.8 Å². The fraction of sp³-hybridized carbons (Fsp3) is 0.739. The summed E-state index contributed by atoms with van der Waals surface area (Å²) in [5.74, 6) is -1.36. The lowest BCUT2D eigenvalue weighted by molar-refractivity contribution is -0.398. The van der Waals surface area contributed by atoms with Gasteiger partial charge in [0.25, 0.3) is 5.97 Å². The Hall–Kier alpha value is -1.11. The molecule has 0 saturated heterocycles. The molecule has 168 valence electrons. The van der Waals surface area contributed by atoms with Crippen LogP contribution in [0.15, 0.2) is 24.3 Å². The van der Waals surface area contributed by atoms with Gasteiger partial charge in [-0.05, 0) is 44.4 Å². The number of methoxy groups -OCH3 is 2. The molecule has 3 nitrogen and oxygen atoms in total. The summed E-state index contributed by atoms with van der Waals surface area (Å²) in [5, 5.41) is 0. The molecule has 0 radical (unpaired) electrons. The summed E-state index contributed by atoms with van der Waals surface area (Å²) in [6.07, 6.45) is 3.82. The quantitative estimate of drug-likeness (QED) is 0.241. The molecule has 1 unspecified atom stereocenters. The number of ether oxygens (including phenoxy) is 3. The Labute approximate surface area is 173 Å². The van der Waals surface area contributed by atoms with Crippen molar-refractivity contribution in [3.63, 3.8) is 0 Å². The Morgan fingerprint density at radius 1 is 0.862 bits per heavy atom. The normalized spacial score (nSPS) is 13.8. The highest BCUT2D eigenvalue weighted by molar-refractivity contribution is 5.25. The molecule has 0 spiro atoms. The Morgan fingerprint density at radius 2 is 1.41 bits per heavy atom. The first-order valence-corrected chi connectivity index (χ1v) is 10.6. The van der Waals surface area contributed by atoms with Crippen molar-refractivity contribution in [3.05, 3.63) is 35.4 Å². The van der Waals surface area contributed by atoms with Gasteiger partial charge in [0.05, 0.1) is 11.7 Å². The van der Waals surface area contributed by atoms with Crippen LogP contribution in [0.5, 0.6) is 0 Å². The molecular formula is C23H37F3O3. The van der Waals surface area contributed by atoms with Crippen LogP contribution in [0.25, 0.3) is 0 Å². The van der Waals surface area contributed by atoms with Gasteiger partial charge in [-0.2, -0.15) is 13.2 Å². The zero-order valence-corrected chi connectivity index (χ0v) is 18.5. The van der Waals surface area contributed by atoms with Gasteiger partial charge in [-0.25, -0.2) is 0 Å². The second-order valence-electron chi connectivity index (χ2n) is 7.83. The number of alkyl halides is 3. The predicted molar refractivity (Wildman–Crippen MR) is 110 cm³/mol. The zero-order valence-electron chi connectivity index (χ0n) is 18.5. The van der Waals surface area contributed by atoms with E-state index in [1.54, 1.807) is 14.2 Å². The van der Waals surface area contributed by atoms with Crippen molar-refractivity contribution in [2.45, 2.75) is 90.4 Å². The van der Waals surface area contributed by atoms with Crippen molar-refractivity contribution in [3.8, 4) is 0 Å². The van der Waals surface area contributed by atoms with Gasteiger partial charge in [0, 0.05) is 20.1 Å². The third kappa shape index (κ3) is 8.65. The molecule has 1 aromatic carbocycles. The van der Waals surface area contributed by atoms with Gasteiger partial charge in [-0.1, -0.05) is 57.6 Å². The molecule has 0 saturated carbocycles. The molecule has 0 amide bonds. The number of unbranched alkanes of at least 4 members (excludes halogenated alkanes) is 5. The fourth-order valence-electron chi connectivity index (χ4n) is 3.63. The maximum absolute atomic E-state index is 12.9. The molecule has 1 atom stereocenters. The average molecular weight is 419 g/mol. The van der Waals surface area contributed by atoms with Crippen LogP contribution in [0.3, 0.4) is 0 Å². The van der Waals surface area contributed by atoms with Crippen molar-refractivity contribution in [1.29, 1.82) is 0 Å². The van der Waals surface area contributed by atoms with E-state index in [0.717, 1.165) is 37.0 Å². The van der Waals surface area contributed by atoms with E-state index in [1.807, 2.05) is 13.8 Å². The third-order valence-corrected chi connectivity index (χ3v) is 5.14. The van der Waals surface area contributed by atoms with Crippen molar-refractivity contribution in [2.24, 2.45) is 5.92 Å². The van der Waals surface area contributed by atoms with Crippen LogP contribution in [-0.2, 0) is 26.8 Å². The highest BCUT2D eigenvalue weighted by Crippen LogP contribution is 2.34. The monoisotopic (exact) mass is 418 g/mol. The van der Waals surface area contributed by atoms with E-state index in [9.17, 15) is 13.2 Å². The predicted octanol–water partition coefficient (Wildman–Crippen LogP) is 6.99. The topological polar surface area (TPSA) is 27.7 Å². The molecule has 1 rings (SSSR count). The molecule has 0 fully saturated rings. The second-order valence-corrected chi connectivity index (χ2v) is 7.83. The van der Waals surface area contributed by atoms with Crippen LogP contribution in [-0.4, -0.2) is 26.3 Å². The molecule has 0 N–H and O–H groups in total. The van der Waals surface area contributed by atoms with E-state index >= 15 is 0 Å². The maximum Gasteiger partial charge on any atom is 0.416 e. The Morgan fingerprint density at radius 3 is 1.90 bits per heavy atom. The molecule has 0 heterocycles. The summed E-state index contributed by atoms with van der Waals surface area (Å²) >= 11 is 0. The highest BCUT2D eigenvalue weighted by Gasteiger charge is 2.41. The minimum Gasteiger partial charge on any atom is -0.331 e. The van der Waals surface area contributed by atoms with Crippen molar-refractivity contribution >= 4 is 0 Å². The zero-order chi connectivity index (χ0) is 21.9. The summed E-state index contributed by atoms with van der Waals surface area (Å²) in [5.41, 5.74) is 0.164. The maximum atomic E-state index is 12.9. The molecule has 0 aliphatic carbocycles. The Bertz CT molecular complexity index is 551. The summed E-state index contributed by atoms with van der Waals surface area (Å²) in [7, 11) is 3.10. The van der Waals surface area contributed by atoms with Gasteiger partial charge >= 0.3 is 6.18 Å². The smallest absolute Gasteiger partial charge is 0.331 e. The van der Waals surface area contributed by atoms with Crippen molar-refractivity contribution in [1.82, 2.24) is 0 Å². The first-order valence-electron chi connectivity index (χ1n) is 10.6. The van der Waals surface area contributed by atoms with Gasteiger partial charge in [0.1, 0.15) is 0 Å². The third-order valence-electron chi connectivity index (χ3n) is 5.14. The number of benzene rings is 1. The molecule has 1 aromatic rings. The largest absolute Gasteiger partial charge is 0.416 e. The van der Waals surface area contributed by atoms with Crippen LogP contribution in [0.2, 0.25) is 0 Å². The average Bonchev–Trinajstić information content (AvgIpc) is 2.67. The second kappa shape index (κ2) is 12.6. The first-order chi connectivity index (χ1) is 13.7. The number of rotatable bonds is 14. The molecule has 29 heavy (non-hydrogen) atoms. The van der Waals surface area contributed by atoms with E-state index in [-0.39, 0.29) is 12.0 Å². The minimum absolute atomic E-state index is 0.116. The van der Waals surface area contributed by atoms with Crippen LogP contribution in [0, 0.1) is 5.92 Å². The van der Waals surface area contributed by atoms with E-state index in [4.69, 9.17) is 14.2 Å². The van der Waals surface area contributed by atoms with Gasteiger partial charge in [0.2, 0.25) is 0 Å². The molecule has 0 bridgehead atoms. The number of halogens is 3. The lowest BCUT2D eigenvalue weighted by atomic mass is 9.90. The first kappa shape index (κ1) is 25.9. The van der Waals surface area contributed by atoms with E-state index in [0.29, 0.717) is 6.42 Å². The highest BCUT2D eigenvalue weighted by atomic mass is 19.4. The Balaban J connectivity index is 2.93. The lowest BCUT2D eigenvalue weighted by Gasteiger charge is -2.39. The van der Waals surface area contributed by atoms with E-state index in [2.05, 4.69) is 6.92 Å². The van der Waals surface area contributed by atoms with Gasteiger partial charge in [-0.3, -0.25) is 0 Å². The minimum atomic E-state index is -4.33. The number of hydrogen-bond acceptors (Lipinski definition) is 3. The van der Waals surface area contributed by atoms with Crippen molar-refractivity contribution in [2.75, 3.05) is 14.2 Å². The standard InChI is InChI=1S/C23H37F3O3/c1-6-7-8-9-10-11-12-21(23(27-4,28-5)29-18(2)3)17-19-13-15-20(16-14-19)22(24,25)26/h13-16,18,21H,6-12,17H2,1-5H3.